The second-order valence-corrected chi connectivity index (χ2v) is 6.12. The molecule has 1 aliphatic heterocycles. The molecule has 6 nitrogen and oxygen atoms in total. The molecule has 0 atom stereocenters. The van der Waals surface area contributed by atoms with Crippen molar-refractivity contribution in [1.29, 1.82) is 0 Å². The highest BCUT2D eigenvalue weighted by Crippen LogP contribution is 2.19. The van der Waals surface area contributed by atoms with Crippen LogP contribution in [0.3, 0.4) is 0 Å². The van der Waals surface area contributed by atoms with Crippen molar-refractivity contribution < 1.29 is 14.3 Å². The molecule has 2 amide bonds. The normalized spacial score (nSPS) is 14.4. The van der Waals surface area contributed by atoms with Gasteiger partial charge in [0.15, 0.2) is 0 Å². The van der Waals surface area contributed by atoms with E-state index in [4.69, 9.17) is 4.74 Å². The number of aromatic nitrogens is 1. The number of para-hydroxylation sites is 1. The first-order valence-electron chi connectivity index (χ1n) is 8.47. The van der Waals surface area contributed by atoms with Crippen molar-refractivity contribution in [1.82, 2.24) is 14.8 Å². The van der Waals surface area contributed by atoms with Gasteiger partial charge < -0.3 is 19.5 Å². The van der Waals surface area contributed by atoms with E-state index in [1.807, 2.05) is 52.4 Å². The van der Waals surface area contributed by atoms with E-state index in [2.05, 4.69) is 4.98 Å². The minimum Gasteiger partial charge on any atom is -0.496 e. The smallest absolute Gasteiger partial charge is 0.228 e. The van der Waals surface area contributed by atoms with Crippen molar-refractivity contribution in [2.24, 2.45) is 0 Å². The van der Waals surface area contributed by atoms with Crippen molar-refractivity contribution in [3.05, 3.63) is 53.9 Å². The predicted octanol–water partition coefficient (Wildman–Crippen LogP) is 1.48. The van der Waals surface area contributed by atoms with Crippen LogP contribution in [0.4, 0.5) is 0 Å². The van der Waals surface area contributed by atoms with Crippen LogP contribution in [-0.2, 0) is 22.4 Å². The molecule has 1 N–H and O–H groups in total. The van der Waals surface area contributed by atoms with Crippen LogP contribution in [0.15, 0.2) is 42.6 Å². The summed E-state index contributed by atoms with van der Waals surface area (Å²) in [5.41, 5.74) is 1.81. The zero-order valence-electron chi connectivity index (χ0n) is 14.4. The Morgan fingerprint density at radius 3 is 2.20 bits per heavy atom. The number of hydrogen-bond donors (Lipinski definition) is 1. The molecule has 2 heterocycles. The van der Waals surface area contributed by atoms with E-state index < -0.39 is 0 Å². The summed E-state index contributed by atoms with van der Waals surface area (Å²) in [7, 11) is 1.61. The van der Waals surface area contributed by atoms with Gasteiger partial charge in [0, 0.05) is 43.6 Å². The second-order valence-electron chi connectivity index (χ2n) is 6.12. The van der Waals surface area contributed by atoms with E-state index in [1.165, 1.54) is 0 Å². The predicted molar refractivity (Wildman–Crippen MR) is 94.4 cm³/mol. The molecule has 1 saturated heterocycles. The molecule has 1 aromatic heterocycles. The molecule has 0 bridgehead atoms. The minimum atomic E-state index is 0.0703. The molecule has 2 aromatic rings. The lowest BCUT2D eigenvalue weighted by molar-refractivity contribution is -0.138. The Kier molecular flexibility index (Phi) is 5.38. The number of carbonyl (C=O) groups is 2. The zero-order valence-corrected chi connectivity index (χ0v) is 14.4. The molecule has 25 heavy (non-hydrogen) atoms. The fraction of sp³-hybridized carbons (Fsp3) is 0.368. The van der Waals surface area contributed by atoms with E-state index >= 15 is 0 Å². The molecule has 0 spiro atoms. The van der Waals surface area contributed by atoms with Crippen LogP contribution in [0, 0.1) is 0 Å². The third kappa shape index (κ3) is 4.21. The Labute approximate surface area is 147 Å². The van der Waals surface area contributed by atoms with Gasteiger partial charge in [-0.15, -0.1) is 0 Å². The van der Waals surface area contributed by atoms with Crippen molar-refractivity contribution >= 4 is 11.8 Å². The first-order chi connectivity index (χ1) is 12.2. The van der Waals surface area contributed by atoms with E-state index in [0.717, 1.165) is 17.0 Å². The minimum absolute atomic E-state index is 0.0703. The molecule has 1 fully saturated rings. The maximum atomic E-state index is 12.5. The quantitative estimate of drug-likeness (QED) is 0.896. The van der Waals surface area contributed by atoms with E-state index in [9.17, 15) is 9.59 Å². The summed E-state index contributed by atoms with van der Waals surface area (Å²) in [5, 5.41) is 0. The van der Waals surface area contributed by atoms with Gasteiger partial charge in [-0.2, -0.15) is 0 Å². The Hall–Kier alpha value is -2.76. The first-order valence-corrected chi connectivity index (χ1v) is 8.47. The Morgan fingerprint density at radius 1 is 0.960 bits per heavy atom. The number of piperazine rings is 1. The average molecular weight is 341 g/mol. The van der Waals surface area contributed by atoms with E-state index in [-0.39, 0.29) is 11.8 Å². The molecule has 0 aliphatic carbocycles. The molecular formula is C19H23N3O3. The van der Waals surface area contributed by atoms with Crippen molar-refractivity contribution in [3.63, 3.8) is 0 Å². The number of nitrogens with one attached hydrogen (secondary N) is 1. The number of ether oxygens (including phenoxy) is 1. The standard InChI is InChI=1S/C19H23N3O3/c1-25-17-7-3-2-5-15(17)13-18(23)21-9-11-22(12-10-21)19(24)14-16-6-4-8-20-16/h2-8,20H,9-14H2,1H3. The molecule has 3 rings (SSSR count). The number of carbonyl (C=O) groups excluding carboxylic acids is 2. The van der Waals surface area contributed by atoms with Gasteiger partial charge in [-0.05, 0) is 18.2 Å². The summed E-state index contributed by atoms with van der Waals surface area (Å²) in [6.07, 6.45) is 2.51. The molecule has 6 heteroatoms. The summed E-state index contributed by atoms with van der Waals surface area (Å²) >= 11 is 0. The Morgan fingerprint density at radius 2 is 1.60 bits per heavy atom. The van der Waals surface area contributed by atoms with Crippen LogP contribution in [0.1, 0.15) is 11.3 Å². The van der Waals surface area contributed by atoms with Gasteiger partial charge in [-0.3, -0.25) is 9.59 Å². The number of amides is 2. The van der Waals surface area contributed by atoms with Crippen LogP contribution in [0.2, 0.25) is 0 Å². The fourth-order valence-electron chi connectivity index (χ4n) is 3.08. The molecule has 132 valence electrons. The number of aromatic amines is 1. The highest BCUT2D eigenvalue weighted by molar-refractivity contribution is 5.81. The van der Waals surface area contributed by atoms with Crippen LogP contribution in [-0.4, -0.2) is 59.9 Å². The number of nitrogens with zero attached hydrogens (tertiary/aromatic N) is 2. The Bertz CT molecular complexity index is 719. The number of hydrogen-bond acceptors (Lipinski definition) is 3. The van der Waals surface area contributed by atoms with Gasteiger partial charge in [0.1, 0.15) is 5.75 Å². The van der Waals surface area contributed by atoms with Crippen LogP contribution < -0.4 is 4.74 Å². The third-order valence-electron chi connectivity index (χ3n) is 4.52. The highest BCUT2D eigenvalue weighted by atomic mass is 16.5. The first kappa shape index (κ1) is 17.1. The van der Waals surface area contributed by atoms with Gasteiger partial charge in [-0.25, -0.2) is 0 Å². The molecule has 1 aliphatic rings. The second kappa shape index (κ2) is 7.88. The van der Waals surface area contributed by atoms with Gasteiger partial charge in [0.25, 0.3) is 0 Å². The zero-order chi connectivity index (χ0) is 17.6. The lowest BCUT2D eigenvalue weighted by atomic mass is 10.1. The lowest BCUT2D eigenvalue weighted by Crippen LogP contribution is -2.51. The van der Waals surface area contributed by atoms with Crippen molar-refractivity contribution in [2.75, 3.05) is 33.3 Å². The largest absolute Gasteiger partial charge is 0.496 e. The topological polar surface area (TPSA) is 65.6 Å². The monoisotopic (exact) mass is 341 g/mol. The number of benzene rings is 1. The molecule has 1 aromatic carbocycles. The van der Waals surface area contributed by atoms with Gasteiger partial charge in [0.2, 0.25) is 11.8 Å². The summed E-state index contributed by atoms with van der Waals surface area (Å²) in [6, 6.07) is 11.4. The summed E-state index contributed by atoms with van der Waals surface area (Å²) in [5.74, 6) is 0.899. The van der Waals surface area contributed by atoms with Gasteiger partial charge in [0.05, 0.1) is 20.0 Å². The summed E-state index contributed by atoms with van der Waals surface area (Å²) in [4.78, 5) is 31.5. The fourth-order valence-corrected chi connectivity index (χ4v) is 3.08. The number of H-pyrrole nitrogens is 1. The maximum absolute atomic E-state index is 12.5. The number of methoxy groups -OCH3 is 1. The summed E-state index contributed by atoms with van der Waals surface area (Å²) in [6.45, 7) is 2.31. The highest BCUT2D eigenvalue weighted by Gasteiger charge is 2.24. The van der Waals surface area contributed by atoms with Gasteiger partial charge >= 0.3 is 0 Å². The molecular weight excluding hydrogens is 318 g/mol. The van der Waals surface area contributed by atoms with Crippen molar-refractivity contribution in [3.8, 4) is 5.75 Å². The van der Waals surface area contributed by atoms with E-state index in [0.29, 0.717) is 39.0 Å². The maximum Gasteiger partial charge on any atom is 0.228 e. The Balaban J connectivity index is 1.51. The van der Waals surface area contributed by atoms with Crippen LogP contribution in [0.5, 0.6) is 5.75 Å². The molecule has 0 radical (unpaired) electrons. The number of rotatable bonds is 5. The average Bonchev–Trinajstić information content (AvgIpc) is 3.15. The lowest BCUT2D eigenvalue weighted by Gasteiger charge is -2.35. The SMILES string of the molecule is COc1ccccc1CC(=O)N1CCN(C(=O)Cc2ccc[nH]2)CC1. The van der Waals surface area contributed by atoms with E-state index in [1.54, 1.807) is 7.11 Å². The summed E-state index contributed by atoms with van der Waals surface area (Å²) < 4.78 is 5.31. The molecule has 0 unspecified atom stereocenters. The molecule has 0 saturated carbocycles. The van der Waals surface area contributed by atoms with Crippen LogP contribution in [0.25, 0.3) is 0 Å². The van der Waals surface area contributed by atoms with Crippen LogP contribution >= 0.6 is 0 Å². The third-order valence-corrected chi connectivity index (χ3v) is 4.52. The van der Waals surface area contributed by atoms with Gasteiger partial charge in [-0.1, -0.05) is 18.2 Å². The van der Waals surface area contributed by atoms with Crippen molar-refractivity contribution in [2.45, 2.75) is 12.8 Å².